The Bertz CT molecular complexity index is 1610. The van der Waals surface area contributed by atoms with Crippen LogP contribution in [0.2, 0.25) is 0 Å². The predicted octanol–water partition coefficient (Wildman–Crippen LogP) is 3.99. The normalized spacial score (nSPS) is 16.0. The van der Waals surface area contributed by atoms with E-state index in [2.05, 4.69) is 4.99 Å². The molecular formula is C27H22N2O3S. The van der Waals surface area contributed by atoms with Crippen LogP contribution in [0.4, 0.5) is 0 Å². The number of hydrogen-bond acceptors (Lipinski definition) is 5. The van der Waals surface area contributed by atoms with Crippen molar-refractivity contribution >= 4 is 34.0 Å². The van der Waals surface area contributed by atoms with Crippen molar-refractivity contribution in [2.75, 3.05) is 7.11 Å². The van der Waals surface area contributed by atoms with Crippen molar-refractivity contribution in [1.29, 1.82) is 0 Å². The highest BCUT2D eigenvalue weighted by Gasteiger charge is 2.33. The molecule has 0 N–H and O–H groups in total. The minimum absolute atomic E-state index is 0.117. The maximum Gasteiger partial charge on any atom is 0.271 e. The number of fused-ring (bicyclic) bond motifs is 2. The Morgan fingerprint density at radius 2 is 1.79 bits per heavy atom. The second-order valence-corrected chi connectivity index (χ2v) is 8.96. The molecule has 33 heavy (non-hydrogen) atoms. The summed E-state index contributed by atoms with van der Waals surface area (Å²) < 4.78 is 7.96. The Morgan fingerprint density at radius 3 is 2.52 bits per heavy atom. The summed E-state index contributed by atoms with van der Waals surface area (Å²) in [6.07, 6.45) is 1.87. The lowest BCUT2D eigenvalue weighted by atomic mass is 9.89. The number of rotatable bonds is 4. The SMILES string of the molecule is COc1ccc2ccccc2c1C1C(C(C)=O)=C(C)N=c2sc(=Cc3ccccc3)c(=O)n21. The Labute approximate surface area is 194 Å². The molecule has 0 spiro atoms. The molecule has 0 fully saturated rings. The molecule has 0 amide bonds. The summed E-state index contributed by atoms with van der Waals surface area (Å²) in [7, 11) is 1.61. The van der Waals surface area contributed by atoms with Crippen LogP contribution in [0.1, 0.15) is 31.0 Å². The summed E-state index contributed by atoms with van der Waals surface area (Å²) in [6, 6.07) is 20.9. The molecule has 4 aromatic rings. The maximum absolute atomic E-state index is 13.7. The lowest BCUT2D eigenvalue weighted by Crippen LogP contribution is -2.39. The molecule has 1 aliphatic rings. The van der Waals surface area contributed by atoms with E-state index in [1.54, 1.807) is 11.7 Å². The van der Waals surface area contributed by atoms with E-state index in [0.29, 0.717) is 26.4 Å². The zero-order valence-corrected chi connectivity index (χ0v) is 19.3. The van der Waals surface area contributed by atoms with Crippen LogP contribution in [0.5, 0.6) is 5.75 Å². The van der Waals surface area contributed by atoms with E-state index in [4.69, 9.17) is 4.74 Å². The number of nitrogens with zero attached hydrogens (tertiary/aromatic N) is 2. The molecule has 5 rings (SSSR count). The van der Waals surface area contributed by atoms with Gasteiger partial charge in [0.1, 0.15) is 5.75 Å². The molecule has 1 aliphatic heterocycles. The fourth-order valence-corrected chi connectivity index (χ4v) is 5.53. The Hall–Kier alpha value is -3.77. The molecule has 1 atom stereocenters. The van der Waals surface area contributed by atoms with Gasteiger partial charge in [-0.2, -0.15) is 0 Å². The molecule has 0 aliphatic carbocycles. The van der Waals surface area contributed by atoms with Gasteiger partial charge < -0.3 is 4.74 Å². The standard InChI is InChI=1S/C27H22N2O3S/c1-16-23(17(2)30)25(24-20-12-8-7-11-19(20)13-14-21(24)32-3)29-26(31)22(33-27(29)28-16)15-18-9-5-4-6-10-18/h4-15,25H,1-3H3. The minimum Gasteiger partial charge on any atom is -0.496 e. The van der Waals surface area contributed by atoms with Gasteiger partial charge in [0.2, 0.25) is 0 Å². The molecule has 1 unspecified atom stereocenters. The van der Waals surface area contributed by atoms with Crippen molar-refractivity contribution in [2.24, 2.45) is 4.99 Å². The molecular weight excluding hydrogens is 432 g/mol. The largest absolute Gasteiger partial charge is 0.496 e. The van der Waals surface area contributed by atoms with Gasteiger partial charge in [-0.15, -0.1) is 0 Å². The lowest BCUT2D eigenvalue weighted by molar-refractivity contribution is -0.114. The van der Waals surface area contributed by atoms with Crippen molar-refractivity contribution < 1.29 is 9.53 Å². The zero-order valence-electron chi connectivity index (χ0n) is 18.5. The van der Waals surface area contributed by atoms with E-state index in [-0.39, 0.29) is 11.3 Å². The summed E-state index contributed by atoms with van der Waals surface area (Å²) >= 11 is 1.33. The van der Waals surface area contributed by atoms with Crippen LogP contribution in [-0.4, -0.2) is 17.5 Å². The van der Waals surface area contributed by atoms with Crippen molar-refractivity contribution in [3.63, 3.8) is 0 Å². The van der Waals surface area contributed by atoms with Gasteiger partial charge in [0, 0.05) is 16.8 Å². The first-order chi connectivity index (χ1) is 16.0. The van der Waals surface area contributed by atoms with E-state index in [1.165, 1.54) is 18.3 Å². The molecule has 1 aromatic heterocycles. The number of benzene rings is 3. The average molecular weight is 455 g/mol. The Balaban J connectivity index is 1.88. The van der Waals surface area contributed by atoms with Crippen LogP contribution in [0, 0.1) is 0 Å². The molecule has 0 saturated carbocycles. The number of carbonyl (C=O) groups excluding carboxylic acids is 1. The van der Waals surface area contributed by atoms with Crippen molar-refractivity contribution in [2.45, 2.75) is 19.9 Å². The van der Waals surface area contributed by atoms with Gasteiger partial charge in [-0.05, 0) is 42.3 Å². The molecule has 164 valence electrons. The van der Waals surface area contributed by atoms with Crippen molar-refractivity contribution in [3.05, 3.63) is 109 Å². The maximum atomic E-state index is 13.7. The van der Waals surface area contributed by atoms with Crippen LogP contribution < -0.4 is 19.6 Å². The number of hydrogen-bond donors (Lipinski definition) is 0. The zero-order chi connectivity index (χ0) is 23.1. The molecule has 6 heteroatoms. The summed E-state index contributed by atoms with van der Waals surface area (Å²) in [5.41, 5.74) is 2.68. The third-order valence-corrected chi connectivity index (χ3v) is 6.91. The summed E-state index contributed by atoms with van der Waals surface area (Å²) in [6.45, 7) is 3.36. The molecule has 0 radical (unpaired) electrons. The van der Waals surface area contributed by atoms with Gasteiger partial charge >= 0.3 is 0 Å². The van der Waals surface area contributed by atoms with Gasteiger partial charge in [0.05, 0.1) is 17.7 Å². The van der Waals surface area contributed by atoms with Crippen molar-refractivity contribution in [1.82, 2.24) is 4.57 Å². The first kappa shape index (κ1) is 21.1. The highest BCUT2D eigenvalue weighted by molar-refractivity contribution is 7.07. The van der Waals surface area contributed by atoms with Crippen LogP contribution in [0.25, 0.3) is 16.8 Å². The third kappa shape index (κ3) is 3.52. The quantitative estimate of drug-likeness (QED) is 0.469. The summed E-state index contributed by atoms with van der Waals surface area (Å²) in [5, 5.41) is 1.95. The Morgan fingerprint density at radius 1 is 1.06 bits per heavy atom. The molecule has 0 saturated heterocycles. The number of thiazole rings is 1. The molecule has 2 heterocycles. The minimum atomic E-state index is -0.627. The number of methoxy groups -OCH3 is 1. The van der Waals surface area contributed by atoms with Crippen molar-refractivity contribution in [3.8, 4) is 5.75 Å². The molecule has 5 nitrogen and oxygen atoms in total. The van der Waals surface area contributed by atoms with Gasteiger partial charge in [-0.25, -0.2) is 4.99 Å². The monoisotopic (exact) mass is 454 g/mol. The number of allylic oxidation sites excluding steroid dienone is 2. The Kier molecular flexibility index (Phi) is 5.30. The highest BCUT2D eigenvalue weighted by Crippen LogP contribution is 2.40. The fraction of sp³-hybridized carbons (Fsp3) is 0.148. The number of ketones is 1. The van der Waals surface area contributed by atoms with E-state index in [9.17, 15) is 9.59 Å². The lowest BCUT2D eigenvalue weighted by Gasteiger charge is -2.27. The second kappa shape index (κ2) is 8.30. The smallest absolute Gasteiger partial charge is 0.271 e. The van der Waals surface area contributed by atoms with E-state index < -0.39 is 6.04 Å². The number of ether oxygens (including phenoxy) is 1. The van der Waals surface area contributed by atoms with E-state index in [0.717, 1.165) is 21.9 Å². The first-order valence-corrected chi connectivity index (χ1v) is 11.5. The fourth-order valence-electron chi connectivity index (χ4n) is 4.48. The van der Waals surface area contributed by atoms with E-state index in [1.807, 2.05) is 79.7 Å². The number of aromatic nitrogens is 1. The summed E-state index contributed by atoms with van der Waals surface area (Å²) in [5.74, 6) is 0.512. The van der Waals surface area contributed by atoms with Gasteiger partial charge in [-0.3, -0.25) is 14.2 Å². The second-order valence-electron chi connectivity index (χ2n) is 7.95. The van der Waals surface area contributed by atoms with Gasteiger partial charge in [0.25, 0.3) is 5.56 Å². The van der Waals surface area contributed by atoms with Crippen LogP contribution in [0.3, 0.4) is 0 Å². The predicted molar refractivity (Wildman–Crippen MR) is 131 cm³/mol. The van der Waals surface area contributed by atoms with E-state index >= 15 is 0 Å². The third-order valence-electron chi connectivity index (χ3n) is 5.92. The summed E-state index contributed by atoms with van der Waals surface area (Å²) in [4.78, 5) is 31.8. The molecule has 0 bridgehead atoms. The van der Waals surface area contributed by atoms with Gasteiger partial charge in [-0.1, -0.05) is 72.0 Å². The number of Topliss-reactive ketones (excluding diaryl/α,β-unsaturated/α-hetero) is 1. The average Bonchev–Trinajstić information content (AvgIpc) is 3.12. The molecule has 3 aromatic carbocycles. The van der Waals surface area contributed by atoms with Gasteiger partial charge in [0.15, 0.2) is 10.6 Å². The van der Waals surface area contributed by atoms with Crippen LogP contribution in [-0.2, 0) is 4.79 Å². The first-order valence-electron chi connectivity index (χ1n) is 10.6. The van der Waals surface area contributed by atoms with Crippen LogP contribution >= 0.6 is 11.3 Å². The van der Waals surface area contributed by atoms with Crippen LogP contribution in [0.15, 0.2) is 87.8 Å². The highest BCUT2D eigenvalue weighted by atomic mass is 32.1. The topological polar surface area (TPSA) is 60.7 Å². The number of carbonyl (C=O) groups is 1.